The molecule has 0 aliphatic carbocycles. The van der Waals surface area contributed by atoms with Crippen LogP contribution in [0.3, 0.4) is 0 Å². The van der Waals surface area contributed by atoms with Crippen molar-refractivity contribution in [2.75, 3.05) is 18.4 Å². The third-order valence-electron chi connectivity index (χ3n) is 6.19. The Bertz CT molecular complexity index is 1480. The summed E-state index contributed by atoms with van der Waals surface area (Å²) in [7, 11) is 0. The van der Waals surface area contributed by atoms with Crippen LogP contribution in [0.1, 0.15) is 35.5 Å². The average Bonchev–Trinajstić information content (AvgIpc) is 3.23. The molecule has 9 nitrogen and oxygen atoms in total. The second kappa shape index (κ2) is 11.7. The van der Waals surface area contributed by atoms with Crippen LogP contribution in [-0.4, -0.2) is 44.5 Å². The molecule has 0 fully saturated rings. The molecule has 0 spiro atoms. The van der Waals surface area contributed by atoms with E-state index in [1.807, 2.05) is 82.3 Å². The number of hydrogen-bond donors (Lipinski definition) is 1. The standard InChI is InChI=1S/C30H31N5O4/c1-20(2)18-33(30(37)24-12-16-26(17-13-24)35(38)39)19-27(36)31-29-28(23-8-6-5-7-9-23)22(4)32-34(29)25-14-10-21(3)11-15-25/h5-17,20H,18-19H2,1-4H3,(H,31,36). The van der Waals surface area contributed by atoms with Crippen LogP contribution in [-0.2, 0) is 4.79 Å². The topological polar surface area (TPSA) is 110 Å². The molecule has 39 heavy (non-hydrogen) atoms. The van der Waals surface area contributed by atoms with Crippen molar-refractivity contribution in [3.63, 3.8) is 0 Å². The highest BCUT2D eigenvalue weighted by Gasteiger charge is 2.24. The molecule has 0 bridgehead atoms. The van der Waals surface area contributed by atoms with E-state index in [2.05, 4.69) is 5.32 Å². The van der Waals surface area contributed by atoms with Gasteiger partial charge in [0, 0.05) is 29.8 Å². The maximum Gasteiger partial charge on any atom is 0.269 e. The summed E-state index contributed by atoms with van der Waals surface area (Å²) < 4.78 is 1.71. The fraction of sp³-hybridized carbons (Fsp3) is 0.233. The molecule has 9 heteroatoms. The summed E-state index contributed by atoms with van der Waals surface area (Å²) in [6.45, 7) is 7.95. The van der Waals surface area contributed by atoms with Crippen molar-refractivity contribution in [1.29, 1.82) is 0 Å². The average molecular weight is 526 g/mol. The number of amides is 2. The number of carbonyl (C=O) groups excluding carboxylic acids is 2. The predicted molar refractivity (Wildman–Crippen MR) is 151 cm³/mol. The molecule has 0 aliphatic rings. The Labute approximate surface area is 227 Å². The van der Waals surface area contributed by atoms with Crippen LogP contribution in [0, 0.1) is 29.9 Å². The zero-order valence-corrected chi connectivity index (χ0v) is 22.4. The van der Waals surface area contributed by atoms with Crippen molar-refractivity contribution in [2.24, 2.45) is 5.92 Å². The lowest BCUT2D eigenvalue weighted by molar-refractivity contribution is -0.384. The molecule has 2 amide bonds. The summed E-state index contributed by atoms with van der Waals surface area (Å²) in [4.78, 5) is 38.8. The molecule has 1 N–H and O–H groups in total. The Morgan fingerprint density at radius 1 is 0.974 bits per heavy atom. The quantitative estimate of drug-likeness (QED) is 0.219. The number of nitrogens with zero attached hydrogens (tertiary/aromatic N) is 4. The highest BCUT2D eigenvalue weighted by molar-refractivity contribution is 6.01. The zero-order valence-electron chi connectivity index (χ0n) is 22.4. The van der Waals surface area contributed by atoms with Gasteiger partial charge in [-0.2, -0.15) is 5.10 Å². The first kappa shape index (κ1) is 27.3. The van der Waals surface area contributed by atoms with E-state index in [1.54, 1.807) is 4.68 Å². The van der Waals surface area contributed by atoms with E-state index in [0.717, 1.165) is 28.1 Å². The van der Waals surface area contributed by atoms with Gasteiger partial charge in [0.2, 0.25) is 5.91 Å². The Morgan fingerprint density at radius 3 is 2.21 bits per heavy atom. The highest BCUT2D eigenvalue weighted by Crippen LogP contribution is 2.33. The minimum atomic E-state index is -0.517. The van der Waals surface area contributed by atoms with Crippen LogP contribution in [0.4, 0.5) is 11.5 Å². The number of aromatic nitrogens is 2. The van der Waals surface area contributed by atoms with Crippen LogP contribution < -0.4 is 5.32 Å². The van der Waals surface area contributed by atoms with Crippen LogP contribution in [0.15, 0.2) is 78.9 Å². The molecular formula is C30H31N5O4. The molecule has 1 aromatic heterocycles. The molecular weight excluding hydrogens is 494 g/mol. The fourth-order valence-corrected chi connectivity index (χ4v) is 4.38. The number of rotatable bonds is 9. The van der Waals surface area contributed by atoms with Gasteiger partial charge in [-0.15, -0.1) is 0 Å². The monoisotopic (exact) mass is 525 g/mol. The normalized spacial score (nSPS) is 10.9. The molecule has 0 atom stereocenters. The first-order valence-corrected chi connectivity index (χ1v) is 12.7. The van der Waals surface area contributed by atoms with Crippen molar-refractivity contribution in [3.8, 4) is 16.8 Å². The number of non-ortho nitro benzene ring substituents is 1. The summed E-state index contributed by atoms with van der Waals surface area (Å²) in [5, 5.41) is 18.8. The van der Waals surface area contributed by atoms with Gasteiger partial charge in [0.1, 0.15) is 12.4 Å². The second-order valence-corrected chi connectivity index (χ2v) is 9.85. The molecule has 0 saturated heterocycles. The first-order valence-electron chi connectivity index (χ1n) is 12.7. The van der Waals surface area contributed by atoms with Crippen LogP contribution in [0.25, 0.3) is 16.8 Å². The van der Waals surface area contributed by atoms with Gasteiger partial charge in [0.15, 0.2) is 0 Å². The van der Waals surface area contributed by atoms with Crippen LogP contribution in [0.5, 0.6) is 0 Å². The molecule has 4 aromatic rings. The maximum absolute atomic E-state index is 13.5. The highest BCUT2D eigenvalue weighted by atomic mass is 16.6. The van der Waals surface area contributed by atoms with Crippen molar-refractivity contribution >= 4 is 23.3 Å². The molecule has 0 saturated carbocycles. The minimum Gasteiger partial charge on any atom is -0.329 e. The van der Waals surface area contributed by atoms with Gasteiger partial charge in [0.25, 0.3) is 11.6 Å². The lowest BCUT2D eigenvalue weighted by Gasteiger charge is -2.24. The molecule has 4 rings (SSSR count). The fourth-order valence-electron chi connectivity index (χ4n) is 4.38. The van der Waals surface area contributed by atoms with Crippen molar-refractivity contribution < 1.29 is 14.5 Å². The number of nitro benzene ring substituents is 1. The van der Waals surface area contributed by atoms with E-state index in [-0.39, 0.29) is 35.5 Å². The van der Waals surface area contributed by atoms with Gasteiger partial charge >= 0.3 is 0 Å². The maximum atomic E-state index is 13.5. The number of nitro groups is 1. The number of carbonyl (C=O) groups is 2. The van der Waals surface area contributed by atoms with Gasteiger partial charge in [-0.3, -0.25) is 19.7 Å². The number of aryl methyl sites for hydroxylation is 2. The van der Waals surface area contributed by atoms with E-state index < -0.39 is 4.92 Å². The Morgan fingerprint density at radius 2 is 1.62 bits per heavy atom. The SMILES string of the molecule is Cc1ccc(-n2nc(C)c(-c3ccccc3)c2NC(=O)CN(CC(C)C)C(=O)c2ccc([N+](=O)[O-])cc2)cc1. The third kappa shape index (κ3) is 6.38. The smallest absolute Gasteiger partial charge is 0.269 e. The minimum absolute atomic E-state index is 0.0972. The van der Waals surface area contributed by atoms with Crippen LogP contribution >= 0.6 is 0 Å². The summed E-state index contributed by atoms with van der Waals surface area (Å²) >= 11 is 0. The molecule has 0 unspecified atom stereocenters. The van der Waals surface area contributed by atoms with Gasteiger partial charge in [-0.05, 0) is 49.6 Å². The van der Waals surface area contributed by atoms with E-state index in [0.29, 0.717) is 12.4 Å². The summed E-state index contributed by atoms with van der Waals surface area (Å²) in [5.74, 6) is -0.142. The van der Waals surface area contributed by atoms with Crippen LogP contribution in [0.2, 0.25) is 0 Å². The van der Waals surface area contributed by atoms with Crippen molar-refractivity contribution in [3.05, 3.63) is 106 Å². The summed E-state index contributed by atoms with van der Waals surface area (Å²) in [6.07, 6.45) is 0. The number of hydrogen-bond acceptors (Lipinski definition) is 5. The second-order valence-electron chi connectivity index (χ2n) is 9.85. The molecule has 1 heterocycles. The molecule has 3 aromatic carbocycles. The first-order chi connectivity index (χ1) is 18.6. The third-order valence-corrected chi connectivity index (χ3v) is 6.19. The van der Waals surface area contributed by atoms with E-state index >= 15 is 0 Å². The molecule has 0 aliphatic heterocycles. The molecule has 200 valence electrons. The van der Waals surface area contributed by atoms with E-state index in [1.165, 1.54) is 29.2 Å². The summed E-state index contributed by atoms with van der Waals surface area (Å²) in [6, 6.07) is 22.9. The van der Waals surface area contributed by atoms with E-state index in [4.69, 9.17) is 5.10 Å². The Kier molecular flexibility index (Phi) is 8.19. The lowest BCUT2D eigenvalue weighted by atomic mass is 10.1. The Balaban J connectivity index is 1.66. The van der Waals surface area contributed by atoms with Crippen molar-refractivity contribution in [1.82, 2.24) is 14.7 Å². The van der Waals surface area contributed by atoms with Crippen molar-refractivity contribution in [2.45, 2.75) is 27.7 Å². The molecule has 0 radical (unpaired) electrons. The zero-order chi connectivity index (χ0) is 28.1. The van der Waals surface area contributed by atoms with Gasteiger partial charge in [0.05, 0.1) is 16.3 Å². The number of benzene rings is 3. The van der Waals surface area contributed by atoms with Gasteiger partial charge < -0.3 is 10.2 Å². The van der Waals surface area contributed by atoms with E-state index in [9.17, 15) is 19.7 Å². The number of anilines is 1. The predicted octanol–water partition coefficient (Wildman–Crippen LogP) is 5.80. The lowest BCUT2D eigenvalue weighted by Crippen LogP contribution is -2.40. The van der Waals surface area contributed by atoms with Gasteiger partial charge in [-0.1, -0.05) is 61.9 Å². The Hall–Kier alpha value is -4.79. The van der Waals surface area contributed by atoms with Gasteiger partial charge in [-0.25, -0.2) is 4.68 Å². The largest absolute Gasteiger partial charge is 0.329 e. The number of nitrogens with one attached hydrogen (secondary N) is 1. The summed E-state index contributed by atoms with van der Waals surface area (Å²) in [5.41, 5.74) is 4.52.